The van der Waals surface area contributed by atoms with E-state index in [4.69, 9.17) is 0 Å². The molecule has 0 aliphatic carbocycles. The van der Waals surface area contributed by atoms with E-state index in [-0.39, 0.29) is 42.9 Å². The molecule has 2 heterocycles. The van der Waals surface area contributed by atoms with E-state index in [0.29, 0.717) is 37.4 Å². The van der Waals surface area contributed by atoms with Gasteiger partial charge in [-0.1, -0.05) is 24.3 Å². The summed E-state index contributed by atoms with van der Waals surface area (Å²) in [5.41, 5.74) is 1.94. The van der Waals surface area contributed by atoms with Crippen LogP contribution in [0.3, 0.4) is 0 Å². The Bertz CT molecular complexity index is 921. The van der Waals surface area contributed by atoms with Gasteiger partial charge in [-0.2, -0.15) is 0 Å². The minimum Gasteiger partial charge on any atom is -0.366 e. The van der Waals surface area contributed by atoms with E-state index >= 15 is 0 Å². The lowest BCUT2D eigenvalue weighted by molar-refractivity contribution is -0.139. The molecule has 2 saturated heterocycles. The second kappa shape index (κ2) is 8.03. The number of likely N-dealkylation sites (tertiary alicyclic amines) is 1. The molecule has 2 fully saturated rings. The summed E-state index contributed by atoms with van der Waals surface area (Å²) in [6.45, 7) is 2.43. The molecule has 0 atom stereocenters. The lowest BCUT2D eigenvalue weighted by atomic mass is 10.1. The zero-order valence-electron chi connectivity index (χ0n) is 16.0. The minimum absolute atomic E-state index is 0.0712. The monoisotopic (exact) mass is 395 g/mol. The van der Waals surface area contributed by atoms with Gasteiger partial charge >= 0.3 is 0 Å². The van der Waals surface area contributed by atoms with Crippen molar-refractivity contribution in [3.05, 3.63) is 65.5 Å². The predicted molar refractivity (Wildman–Crippen MR) is 106 cm³/mol. The quantitative estimate of drug-likeness (QED) is 0.746. The normalized spacial score (nSPS) is 17.2. The topological polar surface area (TPSA) is 60.9 Å². The van der Waals surface area contributed by atoms with Crippen LogP contribution in [0.1, 0.15) is 28.8 Å². The fourth-order valence-corrected chi connectivity index (χ4v) is 3.78. The van der Waals surface area contributed by atoms with Crippen LogP contribution in [0, 0.1) is 5.82 Å². The number of carbonyl (C=O) groups excluding carboxylic acids is 3. The lowest BCUT2D eigenvalue weighted by Gasteiger charge is -2.36. The van der Waals surface area contributed by atoms with Gasteiger partial charge in [0.1, 0.15) is 5.82 Å². The molecule has 0 spiro atoms. The highest BCUT2D eigenvalue weighted by Crippen LogP contribution is 2.21. The molecular formula is C22H22FN3O3. The maximum Gasteiger partial charge on any atom is 0.253 e. The third-order valence-electron chi connectivity index (χ3n) is 5.46. The second-order valence-electron chi connectivity index (χ2n) is 7.30. The van der Waals surface area contributed by atoms with Gasteiger partial charge in [0.2, 0.25) is 11.8 Å². The predicted octanol–water partition coefficient (Wildman–Crippen LogP) is 2.44. The SMILES string of the molecule is O=C(c1ccc(CN2C(=O)CCC2=O)cc1)N1CCN(c2ccccc2F)CC1. The van der Waals surface area contributed by atoms with Gasteiger partial charge in [-0.25, -0.2) is 4.39 Å². The molecule has 6 nitrogen and oxygen atoms in total. The molecule has 2 aromatic rings. The van der Waals surface area contributed by atoms with Crippen LogP contribution in [0.15, 0.2) is 48.5 Å². The van der Waals surface area contributed by atoms with Crippen LogP contribution < -0.4 is 4.90 Å². The first-order valence-electron chi connectivity index (χ1n) is 9.74. The zero-order valence-corrected chi connectivity index (χ0v) is 16.0. The van der Waals surface area contributed by atoms with Crippen molar-refractivity contribution in [2.45, 2.75) is 19.4 Å². The van der Waals surface area contributed by atoms with Gasteiger partial charge in [0.15, 0.2) is 0 Å². The van der Waals surface area contributed by atoms with E-state index in [9.17, 15) is 18.8 Å². The fourth-order valence-electron chi connectivity index (χ4n) is 3.78. The molecule has 7 heteroatoms. The van der Waals surface area contributed by atoms with Crippen molar-refractivity contribution in [3.8, 4) is 0 Å². The van der Waals surface area contributed by atoms with E-state index in [1.54, 1.807) is 47.4 Å². The number of piperazine rings is 1. The van der Waals surface area contributed by atoms with Crippen molar-refractivity contribution < 1.29 is 18.8 Å². The number of nitrogens with zero attached hydrogens (tertiary/aromatic N) is 3. The molecule has 0 saturated carbocycles. The van der Waals surface area contributed by atoms with Crippen molar-refractivity contribution in [2.75, 3.05) is 31.1 Å². The lowest BCUT2D eigenvalue weighted by Crippen LogP contribution is -2.49. The number of anilines is 1. The van der Waals surface area contributed by atoms with Gasteiger partial charge in [0.25, 0.3) is 5.91 Å². The van der Waals surface area contributed by atoms with Crippen molar-refractivity contribution in [2.24, 2.45) is 0 Å². The van der Waals surface area contributed by atoms with Crippen molar-refractivity contribution in [1.29, 1.82) is 0 Å². The van der Waals surface area contributed by atoms with Crippen molar-refractivity contribution in [1.82, 2.24) is 9.80 Å². The summed E-state index contributed by atoms with van der Waals surface area (Å²) < 4.78 is 14.0. The summed E-state index contributed by atoms with van der Waals surface area (Å²) >= 11 is 0. The van der Waals surface area contributed by atoms with Crippen molar-refractivity contribution >= 4 is 23.4 Å². The van der Waals surface area contributed by atoms with Crippen LogP contribution in [0.4, 0.5) is 10.1 Å². The molecule has 2 aromatic carbocycles. The standard InChI is InChI=1S/C22H22FN3O3/c23-18-3-1-2-4-19(18)24-11-13-25(14-12-24)22(29)17-7-5-16(6-8-17)15-26-20(27)9-10-21(26)28/h1-8H,9-15H2. The Labute approximate surface area is 168 Å². The molecule has 0 N–H and O–H groups in total. The average molecular weight is 395 g/mol. The Morgan fingerprint density at radius 2 is 1.48 bits per heavy atom. The third-order valence-corrected chi connectivity index (χ3v) is 5.46. The molecule has 0 aromatic heterocycles. The molecule has 2 aliphatic heterocycles. The second-order valence-corrected chi connectivity index (χ2v) is 7.30. The van der Waals surface area contributed by atoms with E-state index in [1.165, 1.54) is 11.0 Å². The number of para-hydroxylation sites is 1. The van der Waals surface area contributed by atoms with E-state index < -0.39 is 0 Å². The maximum atomic E-state index is 14.0. The highest BCUT2D eigenvalue weighted by atomic mass is 19.1. The van der Waals surface area contributed by atoms with E-state index in [0.717, 1.165) is 5.56 Å². The molecule has 29 heavy (non-hydrogen) atoms. The summed E-state index contributed by atoms with van der Waals surface area (Å²) in [6, 6.07) is 13.7. The Morgan fingerprint density at radius 3 is 2.10 bits per heavy atom. The summed E-state index contributed by atoms with van der Waals surface area (Å²) in [7, 11) is 0. The Balaban J connectivity index is 1.36. The zero-order chi connectivity index (χ0) is 20.4. The summed E-state index contributed by atoms with van der Waals surface area (Å²) in [4.78, 5) is 41.2. The Hall–Kier alpha value is -3.22. The van der Waals surface area contributed by atoms with Gasteiger partial charge < -0.3 is 9.80 Å². The van der Waals surface area contributed by atoms with Crippen LogP contribution in [-0.2, 0) is 16.1 Å². The van der Waals surface area contributed by atoms with E-state index in [1.807, 2.05) is 4.90 Å². The smallest absolute Gasteiger partial charge is 0.253 e. The van der Waals surface area contributed by atoms with Gasteiger partial charge in [0, 0.05) is 44.6 Å². The van der Waals surface area contributed by atoms with Crippen LogP contribution >= 0.6 is 0 Å². The molecule has 150 valence electrons. The molecule has 4 rings (SSSR count). The molecule has 0 bridgehead atoms. The van der Waals surface area contributed by atoms with Crippen LogP contribution in [0.2, 0.25) is 0 Å². The van der Waals surface area contributed by atoms with Gasteiger partial charge in [-0.3, -0.25) is 19.3 Å². The molecule has 0 unspecified atom stereocenters. The van der Waals surface area contributed by atoms with Crippen molar-refractivity contribution in [3.63, 3.8) is 0 Å². The average Bonchev–Trinajstić information content (AvgIpc) is 3.06. The van der Waals surface area contributed by atoms with Gasteiger partial charge in [-0.15, -0.1) is 0 Å². The number of imide groups is 1. The maximum absolute atomic E-state index is 14.0. The van der Waals surface area contributed by atoms with Crippen LogP contribution in [-0.4, -0.2) is 53.7 Å². The number of rotatable bonds is 4. The Kier molecular flexibility index (Phi) is 5.29. The third kappa shape index (κ3) is 3.99. The number of amides is 3. The number of benzene rings is 2. The number of halogens is 1. The van der Waals surface area contributed by atoms with E-state index in [2.05, 4.69) is 0 Å². The molecule has 0 radical (unpaired) electrons. The highest BCUT2D eigenvalue weighted by molar-refractivity contribution is 6.01. The number of hydrogen-bond acceptors (Lipinski definition) is 4. The number of carbonyl (C=O) groups is 3. The minimum atomic E-state index is -0.252. The first-order valence-corrected chi connectivity index (χ1v) is 9.74. The number of hydrogen-bond donors (Lipinski definition) is 0. The molecular weight excluding hydrogens is 373 g/mol. The van der Waals surface area contributed by atoms with Gasteiger partial charge in [-0.05, 0) is 29.8 Å². The molecule has 3 amide bonds. The molecule has 2 aliphatic rings. The summed E-state index contributed by atoms with van der Waals surface area (Å²) in [5.74, 6) is -0.623. The largest absolute Gasteiger partial charge is 0.366 e. The first-order chi connectivity index (χ1) is 14.0. The van der Waals surface area contributed by atoms with Crippen LogP contribution in [0.5, 0.6) is 0 Å². The Morgan fingerprint density at radius 1 is 0.862 bits per heavy atom. The highest BCUT2D eigenvalue weighted by Gasteiger charge is 2.29. The first kappa shape index (κ1) is 19.1. The fraction of sp³-hybridized carbons (Fsp3) is 0.318. The summed E-state index contributed by atoms with van der Waals surface area (Å²) in [5, 5.41) is 0. The van der Waals surface area contributed by atoms with Gasteiger partial charge in [0.05, 0.1) is 12.2 Å². The summed E-state index contributed by atoms with van der Waals surface area (Å²) in [6.07, 6.45) is 0.544. The van der Waals surface area contributed by atoms with Crippen LogP contribution in [0.25, 0.3) is 0 Å².